The number of aromatic nitrogens is 2. The van der Waals surface area contributed by atoms with Crippen LogP contribution < -0.4 is 21.1 Å². The molecule has 5 rings (SSSR count). The number of hydrogen-bond acceptors (Lipinski definition) is 9. The van der Waals surface area contributed by atoms with Crippen LogP contribution in [0.1, 0.15) is 88.8 Å². The van der Waals surface area contributed by atoms with Crippen LogP contribution in [0.15, 0.2) is 55.0 Å². The third-order valence-corrected chi connectivity index (χ3v) is 12.8. The quantitative estimate of drug-likeness (QED) is 0.0893. The second kappa shape index (κ2) is 21.0. The van der Waals surface area contributed by atoms with Gasteiger partial charge in [-0.25, -0.2) is 18.1 Å². The van der Waals surface area contributed by atoms with Crippen molar-refractivity contribution in [1.29, 1.82) is 0 Å². The lowest BCUT2D eigenvalue weighted by Gasteiger charge is -2.33. The van der Waals surface area contributed by atoms with E-state index in [9.17, 15) is 33.0 Å². The van der Waals surface area contributed by atoms with Gasteiger partial charge in [-0.1, -0.05) is 81.5 Å². The summed E-state index contributed by atoms with van der Waals surface area (Å²) in [6, 6.07) is 12.0. The molecule has 308 valence electrons. The maximum Gasteiger partial charge on any atom is 0.243 e. The molecule has 5 atom stereocenters. The zero-order valence-corrected chi connectivity index (χ0v) is 33.4. The molecule has 1 aliphatic carbocycles. The van der Waals surface area contributed by atoms with E-state index in [1.807, 2.05) is 42.5 Å². The highest BCUT2D eigenvalue weighted by Gasteiger charge is 2.34. The number of sulfonamides is 1. The number of imidazole rings is 1. The normalized spacial score (nSPS) is 18.5. The number of benzene rings is 2. The molecule has 0 spiro atoms. The van der Waals surface area contributed by atoms with Crippen molar-refractivity contribution in [2.45, 2.75) is 121 Å². The molecular formula is C41H61N7O7S. The van der Waals surface area contributed by atoms with E-state index in [1.165, 1.54) is 6.33 Å². The minimum atomic E-state index is -3.57. The van der Waals surface area contributed by atoms with E-state index in [2.05, 4.69) is 25.3 Å². The Balaban J connectivity index is 1.36. The van der Waals surface area contributed by atoms with Gasteiger partial charge in [0, 0.05) is 56.8 Å². The summed E-state index contributed by atoms with van der Waals surface area (Å²) in [6.45, 7) is 2.54. The lowest BCUT2D eigenvalue weighted by molar-refractivity contribution is -0.138. The highest BCUT2D eigenvalue weighted by molar-refractivity contribution is 7.89. The predicted molar refractivity (Wildman–Crippen MR) is 216 cm³/mol. The summed E-state index contributed by atoms with van der Waals surface area (Å²) in [5.74, 6) is -1.74. The Kier molecular flexibility index (Phi) is 16.2. The van der Waals surface area contributed by atoms with Crippen molar-refractivity contribution in [3.05, 3.63) is 66.2 Å². The first-order valence-electron chi connectivity index (χ1n) is 20.3. The van der Waals surface area contributed by atoms with E-state index in [0.29, 0.717) is 44.5 Å². The molecule has 3 aromatic rings. The van der Waals surface area contributed by atoms with Crippen molar-refractivity contribution in [1.82, 2.24) is 30.2 Å². The minimum absolute atomic E-state index is 0.0397. The van der Waals surface area contributed by atoms with Gasteiger partial charge in [0.15, 0.2) is 0 Å². The average Bonchev–Trinajstić information content (AvgIpc) is 3.70. The molecule has 8 N–H and O–H groups in total. The number of piperidine rings is 1. The Hall–Kier alpha value is -3.89. The van der Waals surface area contributed by atoms with Crippen LogP contribution in [0, 0.1) is 11.8 Å². The fourth-order valence-corrected chi connectivity index (χ4v) is 9.19. The number of amides is 3. The number of nitrogens with zero attached hydrogens (tertiary/aromatic N) is 2. The van der Waals surface area contributed by atoms with E-state index in [4.69, 9.17) is 5.73 Å². The van der Waals surface area contributed by atoms with Gasteiger partial charge in [0.1, 0.15) is 6.04 Å². The number of likely N-dealkylation sites (tertiary alicyclic amines) is 1. The van der Waals surface area contributed by atoms with Crippen molar-refractivity contribution in [2.75, 3.05) is 25.4 Å². The lowest BCUT2D eigenvalue weighted by atomic mass is 9.83. The number of aliphatic hydroxyl groups is 2. The van der Waals surface area contributed by atoms with Crippen molar-refractivity contribution in [2.24, 2.45) is 17.6 Å². The number of rotatable bonds is 20. The van der Waals surface area contributed by atoms with Crippen molar-refractivity contribution >= 4 is 38.5 Å². The predicted octanol–water partition coefficient (Wildman–Crippen LogP) is 2.69. The van der Waals surface area contributed by atoms with Crippen LogP contribution in [0.2, 0.25) is 0 Å². The van der Waals surface area contributed by atoms with Crippen LogP contribution in [-0.4, -0.2) is 107 Å². The third kappa shape index (κ3) is 13.1. The molecule has 2 heterocycles. The molecule has 3 amide bonds. The first-order valence-corrected chi connectivity index (χ1v) is 22.0. The van der Waals surface area contributed by atoms with Crippen molar-refractivity contribution < 1.29 is 33.0 Å². The van der Waals surface area contributed by atoms with E-state index in [-0.39, 0.29) is 55.8 Å². The van der Waals surface area contributed by atoms with Gasteiger partial charge in [0.05, 0.1) is 36.2 Å². The molecule has 2 aromatic carbocycles. The van der Waals surface area contributed by atoms with Crippen LogP contribution in [-0.2, 0) is 37.2 Å². The molecule has 1 saturated carbocycles. The smallest absolute Gasteiger partial charge is 0.243 e. The molecule has 1 unspecified atom stereocenters. The molecule has 14 nitrogen and oxygen atoms in total. The van der Waals surface area contributed by atoms with Crippen molar-refractivity contribution in [3.63, 3.8) is 0 Å². The first-order chi connectivity index (χ1) is 26.9. The van der Waals surface area contributed by atoms with Gasteiger partial charge in [-0.15, -0.1) is 0 Å². The number of nitrogens with two attached hydrogens (primary N) is 1. The van der Waals surface area contributed by atoms with Crippen LogP contribution in [0.4, 0.5) is 0 Å². The van der Waals surface area contributed by atoms with Gasteiger partial charge in [-0.2, -0.15) is 0 Å². The summed E-state index contributed by atoms with van der Waals surface area (Å²) in [7, 11) is -3.57. The molecule has 1 saturated heterocycles. The number of carbonyl (C=O) groups excluding carboxylic acids is 3. The maximum absolute atomic E-state index is 14.4. The Labute approximate surface area is 330 Å². The number of aromatic amines is 1. The third-order valence-electron chi connectivity index (χ3n) is 11.3. The Morgan fingerprint density at radius 3 is 2.41 bits per heavy atom. The summed E-state index contributed by atoms with van der Waals surface area (Å²) < 4.78 is 26.8. The largest absolute Gasteiger partial charge is 0.392 e. The molecule has 0 bridgehead atoms. The molecule has 0 radical (unpaired) electrons. The standard InChI is InChI=1S/C41H61N7O7S/c1-2-19-56(54,55)45-26-34(49)24-38(50)36(20-28-9-4-3-5-10-28)46-41(53)37(23-33-25-43-27-44-33)47-40(52)31(22-39(51)48-17-15-32(42)16-18-48)21-30-13-8-12-29-11-6-7-14-35(29)30/h6-8,11-14,25,27-28,31-32,34,36-38,45,49-50H,2-5,9-10,15-24,26,42H2,1H3,(H,43,44)(H,46,53)(H,47,52)/t31?,34-,36-,37-,38-/m0/s1. The molecule has 2 aliphatic rings. The first kappa shape index (κ1) is 43.2. The minimum Gasteiger partial charge on any atom is -0.392 e. The Morgan fingerprint density at radius 1 is 0.964 bits per heavy atom. The lowest BCUT2D eigenvalue weighted by Crippen LogP contribution is -2.55. The van der Waals surface area contributed by atoms with Crippen LogP contribution in [0.3, 0.4) is 0 Å². The maximum atomic E-state index is 14.4. The zero-order valence-electron chi connectivity index (χ0n) is 32.6. The second-order valence-electron chi connectivity index (χ2n) is 15.8. The molecule has 2 fully saturated rings. The molecule has 15 heteroatoms. The Bertz CT molecular complexity index is 1810. The summed E-state index contributed by atoms with van der Waals surface area (Å²) >= 11 is 0. The fraction of sp³-hybridized carbons (Fsp3) is 0.610. The fourth-order valence-electron chi connectivity index (χ4n) is 8.07. The zero-order chi connectivity index (χ0) is 40.1. The highest BCUT2D eigenvalue weighted by atomic mass is 32.2. The average molecular weight is 796 g/mol. The van der Waals surface area contributed by atoms with Gasteiger partial charge < -0.3 is 36.5 Å². The summed E-state index contributed by atoms with van der Waals surface area (Å²) in [5, 5.41) is 30.2. The molecule has 1 aromatic heterocycles. The molecule has 1 aliphatic heterocycles. The summed E-state index contributed by atoms with van der Waals surface area (Å²) in [5.41, 5.74) is 7.63. The molecular weight excluding hydrogens is 735 g/mol. The molecule has 56 heavy (non-hydrogen) atoms. The topological polar surface area (TPSA) is 220 Å². The summed E-state index contributed by atoms with van der Waals surface area (Å²) in [4.78, 5) is 51.3. The van der Waals surface area contributed by atoms with Gasteiger partial charge in [0.25, 0.3) is 0 Å². The number of nitrogens with one attached hydrogen (secondary N) is 4. The monoisotopic (exact) mass is 795 g/mol. The van der Waals surface area contributed by atoms with E-state index < -0.39 is 52.0 Å². The SMILES string of the molecule is CCCS(=O)(=O)NC[C@@H](O)C[C@H](O)[C@H](CC1CCCCC1)NC(=O)[C@H](Cc1cnc[nH]1)NC(=O)C(CC(=O)N1CCC(N)CC1)Cc1cccc2ccccc12. The van der Waals surface area contributed by atoms with E-state index >= 15 is 0 Å². The second-order valence-corrected chi connectivity index (χ2v) is 17.7. The number of fused-ring (bicyclic) bond motifs is 1. The van der Waals surface area contributed by atoms with Crippen LogP contribution in [0.5, 0.6) is 0 Å². The number of H-pyrrole nitrogens is 1. The van der Waals surface area contributed by atoms with Gasteiger partial charge in [-0.05, 0) is 54.4 Å². The van der Waals surface area contributed by atoms with Crippen molar-refractivity contribution in [3.8, 4) is 0 Å². The Morgan fingerprint density at radius 2 is 1.70 bits per heavy atom. The van der Waals surface area contributed by atoms with Gasteiger partial charge >= 0.3 is 0 Å². The van der Waals surface area contributed by atoms with Crippen LogP contribution >= 0.6 is 0 Å². The highest BCUT2D eigenvalue weighted by Crippen LogP contribution is 2.29. The number of aliphatic hydroxyl groups excluding tert-OH is 2. The summed E-state index contributed by atoms with van der Waals surface area (Å²) in [6.07, 6.45) is 8.19. The van der Waals surface area contributed by atoms with E-state index in [1.54, 1.807) is 18.0 Å². The van der Waals surface area contributed by atoms with Gasteiger partial charge in [0.2, 0.25) is 27.7 Å². The van der Waals surface area contributed by atoms with Gasteiger partial charge in [-0.3, -0.25) is 14.4 Å². The number of carbonyl (C=O) groups is 3. The van der Waals surface area contributed by atoms with Crippen LogP contribution in [0.25, 0.3) is 10.8 Å². The van der Waals surface area contributed by atoms with E-state index in [0.717, 1.165) is 48.4 Å². The number of hydrogen-bond donors (Lipinski definition) is 7.